The summed E-state index contributed by atoms with van der Waals surface area (Å²) < 4.78 is -0.0331. The van der Waals surface area contributed by atoms with Crippen LogP contribution in [0, 0.1) is 0 Å². The lowest BCUT2D eigenvalue weighted by atomic mass is 10.1. The van der Waals surface area contributed by atoms with E-state index in [4.69, 9.17) is 0 Å². The molecule has 0 saturated carbocycles. The fourth-order valence-corrected chi connectivity index (χ4v) is 1.51. The average Bonchev–Trinajstić information content (AvgIpc) is 2.17. The average molecular weight is 317 g/mol. The van der Waals surface area contributed by atoms with E-state index in [1.165, 1.54) is 6.92 Å². The molecule has 1 atom stereocenters. The van der Waals surface area contributed by atoms with Crippen LogP contribution < -0.4 is 5.32 Å². The van der Waals surface area contributed by atoms with Gasteiger partial charge in [0, 0.05) is 18.2 Å². The minimum absolute atomic E-state index is 0.0331. The van der Waals surface area contributed by atoms with Gasteiger partial charge >= 0.3 is 0 Å². The summed E-state index contributed by atoms with van der Waals surface area (Å²) in [7, 11) is 0. The van der Waals surface area contributed by atoms with E-state index in [1.54, 1.807) is 24.3 Å². The highest BCUT2D eigenvalue weighted by Crippen LogP contribution is 2.14. The molecule has 4 heteroatoms. The number of hydrogen-bond donors (Lipinski definition) is 1. The summed E-state index contributed by atoms with van der Waals surface area (Å²) in [6.45, 7) is 3.30. The van der Waals surface area contributed by atoms with Crippen LogP contribution in [-0.2, 0) is 4.79 Å². The molecule has 1 aromatic rings. The van der Waals surface area contributed by atoms with Crippen LogP contribution >= 0.6 is 22.6 Å². The summed E-state index contributed by atoms with van der Waals surface area (Å²) in [5.74, 6) is -0.0127. The molecule has 3 nitrogen and oxygen atoms in total. The van der Waals surface area contributed by atoms with Crippen LogP contribution in [0.3, 0.4) is 0 Å². The van der Waals surface area contributed by atoms with Gasteiger partial charge in [-0.25, -0.2) is 0 Å². The second-order valence-electron chi connectivity index (χ2n) is 3.24. The molecule has 1 amide bonds. The van der Waals surface area contributed by atoms with Gasteiger partial charge in [-0.1, -0.05) is 22.6 Å². The topological polar surface area (TPSA) is 46.2 Å². The largest absolute Gasteiger partial charge is 0.326 e. The molecule has 1 unspecified atom stereocenters. The summed E-state index contributed by atoms with van der Waals surface area (Å²) in [4.78, 5) is 22.3. The highest BCUT2D eigenvalue weighted by atomic mass is 127. The van der Waals surface area contributed by atoms with Gasteiger partial charge in [0.15, 0.2) is 5.78 Å². The Bertz CT molecular complexity index is 371. The number of amides is 1. The number of carbonyl (C=O) groups is 2. The molecule has 15 heavy (non-hydrogen) atoms. The fourth-order valence-electron chi connectivity index (χ4n) is 1.15. The zero-order valence-corrected chi connectivity index (χ0v) is 10.7. The van der Waals surface area contributed by atoms with E-state index in [1.807, 2.05) is 6.92 Å². The van der Waals surface area contributed by atoms with Crippen molar-refractivity contribution in [2.45, 2.75) is 17.8 Å². The molecule has 80 valence electrons. The van der Waals surface area contributed by atoms with E-state index in [0.717, 1.165) is 0 Å². The van der Waals surface area contributed by atoms with E-state index in [-0.39, 0.29) is 15.6 Å². The summed E-state index contributed by atoms with van der Waals surface area (Å²) >= 11 is 2.08. The van der Waals surface area contributed by atoms with Crippen LogP contribution in [0.2, 0.25) is 0 Å². The highest BCUT2D eigenvalue weighted by Gasteiger charge is 2.11. The first-order valence-corrected chi connectivity index (χ1v) is 5.81. The number of anilines is 1. The third-order valence-corrected chi connectivity index (χ3v) is 2.42. The van der Waals surface area contributed by atoms with Crippen LogP contribution in [0.25, 0.3) is 0 Å². The molecule has 0 radical (unpaired) electrons. The van der Waals surface area contributed by atoms with Crippen LogP contribution in [0.4, 0.5) is 5.69 Å². The number of rotatable bonds is 3. The molecular formula is C11H12INO2. The molecule has 0 aliphatic carbocycles. The third kappa shape index (κ3) is 3.62. The summed E-state index contributed by atoms with van der Waals surface area (Å²) in [5.41, 5.74) is 1.38. The van der Waals surface area contributed by atoms with Gasteiger partial charge in [0.05, 0.1) is 3.92 Å². The van der Waals surface area contributed by atoms with E-state index in [2.05, 4.69) is 27.9 Å². The van der Waals surface area contributed by atoms with Gasteiger partial charge in [-0.3, -0.25) is 9.59 Å². The first-order chi connectivity index (χ1) is 7.00. The number of halogens is 1. The van der Waals surface area contributed by atoms with Crippen molar-refractivity contribution in [2.75, 3.05) is 5.32 Å². The van der Waals surface area contributed by atoms with Crippen molar-refractivity contribution in [2.24, 2.45) is 0 Å². The quantitative estimate of drug-likeness (QED) is 0.529. The van der Waals surface area contributed by atoms with Gasteiger partial charge in [-0.2, -0.15) is 0 Å². The Morgan fingerprint density at radius 1 is 1.27 bits per heavy atom. The monoisotopic (exact) mass is 317 g/mol. The standard InChI is InChI=1S/C11H12INO2/c1-7(12)11(15)9-3-5-10(6-4-9)13-8(2)14/h3-7H,1-2H3,(H,13,14). The normalized spacial score (nSPS) is 11.9. The van der Waals surface area contributed by atoms with Crippen LogP contribution in [0.15, 0.2) is 24.3 Å². The lowest BCUT2D eigenvalue weighted by Gasteiger charge is -2.05. The van der Waals surface area contributed by atoms with Crippen LogP contribution in [0.5, 0.6) is 0 Å². The first-order valence-electron chi connectivity index (χ1n) is 4.56. The second-order valence-corrected chi connectivity index (χ2v) is 5.11. The molecule has 0 aromatic heterocycles. The highest BCUT2D eigenvalue weighted by molar-refractivity contribution is 14.1. The molecule has 0 aliphatic rings. The summed E-state index contributed by atoms with van der Waals surface area (Å²) in [6.07, 6.45) is 0. The van der Waals surface area contributed by atoms with Crippen molar-refractivity contribution in [1.29, 1.82) is 0 Å². The Hall–Kier alpha value is -0.910. The molecule has 1 aromatic carbocycles. The Labute approximate surface area is 102 Å². The maximum absolute atomic E-state index is 11.6. The van der Waals surface area contributed by atoms with E-state index in [0.29, 0.717) is 11.3 Å². The van der Waals surface area contributed by atoms with E-state index >= 15 is 0 Å². The number of ketones is 1. The van der Waals surface area contributed by atoms with Crippen LogP contribution in [-0.4, -0.2) is 15.6 Å². The number of benzene rings is 1. The van der Waals surface area contributed by atoms with Gasteiger partial charge in [-0.15, -0.1) is 0 Å². The Morgan fingerprint density at radius 2 is 1.80 bits per heavy atom. The van der Waals surface area contributed by atoms with Gasteiger partial charge in [0.2, 0.25) is 5.91 Å². The fraction of sp³-hybridized carbons (Fsp3) is 0.273. The van der Waals surface area contributed by atoms with Crippen molar-refractivity contribution in [3.05, 3.63) is 29.8 Å². The minimum atomic E-state index is -0.115. The molecule has 0 fully saturated rings. The molecular weight excluding hydrogens is 305 g/mol. The van der Waals surface area contributed by atoms with Crippen molar-refractivity contribution >= 4 is 40.0 Å². The van der Waals surface area contributed by atoms with Gasteiger partial charge in [0.1, 0.15) is 0 Å². The predicted octanol–water partition coefficient (Wildman–Crippen LogP) is 2.65. The third-order valence-electron chi connectivity index (χ3n) is 1.85. The maximum atomic E-state index is 11.6. The number of carbonyl (C=O) groups excluding carboxylic acids is 2. The number of alkyl halides is 1. The van der Waals surface area contributed by atoms with Crippen molar-refractivity contribution in [3.63, 3.8) is 0 Å². The first kappa shape index (κ1) is 12.2. The van der Waals surface area contributed by atoms with Crippen molar-refractivity contribution in [3.8, 4) is 0 Å². The minimum Gasteiger partial charge on any atom is -0.326 e. The molecule has 0 bridgehead atoms. The zero-order chi connectivity index (χ0) is 11.4. The SMILES string of the molecule is CC(=O)Nc1ccc(C(=O)C(C)I)cc1. The smallest absolute Gasteiger partial charge is 0.221 e. The number of Topliss-reactive ketones (excluding diaryl/α,β-unsaturated/α-hetero) is 1. The van der Waals surface area contributed by atoms with Gasteiger partial charge in [0.25, 0.3) is 0 Å². The molecule has 1 rings (SSSR count). The molecule has 0 spiro atoms. The Balaban J connectivity index is 2.81. The van der Waals surface area contributed by atoms with Gasteiger partial charge < -0.3 is 5.32 Å². The van der Waals surface area contributed by atoms with Crippen molar-refractivity contribution in [1.82, 2.24) is 0 Å². The number of hydrogen-bond acceptors (Lipinski definition) is 2. The Kier molecular flexibility index (Phi) is 4.26. The van der Waals surface area contributed by atoms with Crippen LogP contribution in [0.1, 0.15) is 24.2 Å². The summed E-state index contributed by atoms with van der Waals surface area (Å²) in [6, 6.07) is 6.91. The lowest BCUT2D eigenvalue weighted by Crippen LogP contribution is -2.10. The Morgan fingerprint density at radius 3 is 2.20 bits per heavy atom. The predicted molar refractivity (Wildman–Crippen MR) is 68.6 cm³/mol. The van der Waals surface area contributed by atoms with E-state index < -0.39 is 0 Å². The molecule has 0 aliphatic heterocycles. The van der Waals surface area contributed by atoms with E-state index in [9.17, 15) is 9.59 Å². The molecule has 1 N–H and O–H groups in total. The lowest BCUT2D eigenvalue weighted by molar-refractivity contribution is -0.114. The van der Waals surface area contributed by atoms with Gasteiger partial charge in [-0.05, 0) is 31.2 Å². The summed E-state index contributed by atoms with van der Waals surface area (Å²) in [5, 5.41) is 2.65. The maximum Gasteiger partial charge on any atom is 0.221 e. The number of nitrogens with one attached hydrogen (secondary N) is 1. The molecule has 0 saturated heterocycles. The zero-order valence-electron chi connectivity index (χ0n) is 8.58. The molecule has 0 heterocycles. The second kappa shape index (κ2) is 5.25. The van der Waals surface area contributed by atoms with Crippen molar-refractivity contribution < 1.29 is 9.59 Å².